The van der Waals surface area contributed by atoms with Crippen molar-refractivity contribution in [3.63, 3.8) is 0 Å². The largest absolute Gasteiger partial charge is 0.481 e. The third kappa shape index (κ3) is 7.64. The van der Waals surface area contributed by atoms with Crippen molar-refractivity contribution in [3.05, 3.63) is 54.2 Å². The molecule has 14 nitrogen and oxygen atoms in total. The zero-order chi connectivity index (χ0) is 27.7. The number of carboxylic acids is 2. The molecule has 3 amide bonds. The fraction of sp³-hybridized carbons (Fsp3) is 0.333. The molecule has 9 N–H and O–H groups in total. The second-order valence-electron chi connectivity index (χ2n) is 8.56. The minimum Gasteiger partial charge on any atom is -0.481 e. The first-order valence-corrected chi connectivity index (χ1v) is 11.7. The highest BCUT2D eigenvalue weighted by Crippen LogP contribution is 2.19. The Morgan fingerprint density at radius 3 is 2.29 bits per heavy atom. The van der Waals surface area contributed by atoms with Crippen LogP contribution in [0.1, 0.15) is 24.1 Å². The van der Waals surface area contributed by atoms with Crippen LogP contribution in [0.25, 0.3) is 10.9 Å². The predicted octanol–water partition coefficient (Wildman–Crippen LogP) is -0.961. The van der Waals surface area contributed by atoms with Crippen molar-refractivity contribution in [1.29, 1.82) is 0 Å². The van der Waals surface area contributed by atoms with Crippen molar-refractivity contribution >= 4 is 40.6 Å². The number of imidazole rings is 1. The Morgan fingerprint density at radius 1 is 0.921 bits per heavy atom. The summed E-state index contributed by atoms with van der Waals surface area (Å²) in [7, 11) is 0. The van der Waals surface area contributed by atoms with Gasteiger partial charge in [-0.2, -0.15) is 0 Å². The molecule has 0 spiro atoms. The highest BCUT2D eigenvalue weighted by Gasteiger charge is 2.30. The molecular weight excluding hydrogens is 498 g/mol. The van der Waals surface area contributed by atoms with Gasteiger partial charge in [0, 0.05) is 48.3 Å². The number of amides is 3. The number of para-hydroxylation sites is 1. The number of nitrogens with zero attached hydrogens (tertiary/aromatic N) is 1. The number of aromatic amines is 2. The molecule has 0 aliphatic rings. The molecule has 2 heterocycles. The van der Waals surface area contributed by atoms with Crippen molar-refractivity contribution in [2.75, 3.05) is 6.54 Å². The molecule has 0 fully saturated rings. The summed E-state index contributed by atoms with van der Waals surface area (Å²) in [6.45, 7) is -0.427. The number of rotatable bonds is 14. The Hall–Kier alpha value is -4.72. The maximum Gasteiger partial charge on any atom is 0.326 e. The third-order valence-corrected chi connectivity index (χ3v) is 5.81. The highest BCUT2D eigenvalue weighted by atomic mass is 16.4. The van der Waals surface area contributed by atoms with Gasteiger partial charge in [-0.1, -0.05) is 18.2 Å². The van der Waals surface area contributed by atoms with Gasteiger partial charge >= 0.3 is 11.9 Å². The van der Waals surface area contributed by atoms with Gasteiger partial charge in [0.1, 0.15) is 18.1 Å². The van der Waals surface area contributed by atoms with E-state index < -0.39 is 60.8 Å². The molecule has 202 valence electrons. The molecule has 0 saturated carbocycles. The lowest BCUT2D eigenvalue weighted by molar-refractivity contribution is -0.142. The van der Waals surface area contributed by atoms with Gasteiger partial charge in [-0.25, -0.2) is 9.78 Å². The number of carboxylic acid groups (broad SMARTS) is 2. The van der Waals surface area contributed by atoms with E-state index in [1.807, 2.05) is 24.3 Å². The maximum absolute atomic E-state index is 13.3. The van der Waals surface area contributed by atoms with E-state index >= 15 is 0 Å². The SMILES string of the molecule is NCC(=O)NC(CCC(=O)O)C(=O)NC(Cc1c[nH]c2ccccc12)C(=O)NC(Cc1cnc[nH]1)C(=O)O. The van der Waals surface area contributed by atoms with Gasteiger partial charge in [-0.05, 0) is 18.1 Å². The van der Waals surface area contributed by atoms with Crippen molar-refractivity contribution in [2.45, 2.75) is 43.8 Å². The molecule has 3 rings (SSSR count). The van der Waals surface area contributed by atoms with Gasteiger partial charge in [0.25, 0.3) is 0 Å². The van der Waals surface area contributed by atoms with Crippen molar-refractivity contribution < 1.29 is 34.2 Å². The van der Waals surface area contributed by atoms with Gasteiger partial charge < -0.3 is 41.9 Å². The molecule has 0 saturated heterocycles. The molecule has 38 heavy (non-hydrogen) atoms. The Bertz CT molecular complexity index is 1290. The number of carbonyl (C=O) groups excluding carboxylic acids is 3. The molecule has 1 aromatic carbocycles. The molecule has 0 aliphatic heterocycles. The van der Waals surface area contributed by atoms with Crippen LogP contribution in [0.15, 0.2) is 43.0 Å². The number of nitrogens with two attached hydrogens (primary N) is 1. The highest BCUT2D eigenvalue weighted by molar-refractivity contribution is 5.94. The average Bonchev–Trinajstić information content (AvgIpc) is 3.55. The molecule has 2 aromatic heterocycles. The zero-order valence-electron chi connectivity index (χ0n) is 20.3. The van der Waals surface area contributed by atoms with Gasteiger partial charge in [-0.15, -0.1) is 0 Å². The van der Waals surface area contributed by atoms with Crippen LogP contribution in [-0.2, 0) is 36.8 Å². The van der Waals surface area contributed by atoms with E-state index in [9.17, 15) is 29.1 Å². The number of hydrogen-bond acceptors (Lipinski definition) is 7. The van der Waals surface area contributed by atoms with Crippen LogP contribution in [-0.4, -0.2) is 79.5 Å². The number of aromatic nitrogens is 3. The number of carbonyl (C=O) groups is 5. The van der Waals surface area contributed by atoms with Gasteiger partial charge in [0.2, 0.25) is 17.7 Å². The Balaban J connectivity index is 1.85. The van der Waals surface area contributed by atoms with Crippen LogP contribution in [0.4, 0.5) is 0 Å². The first-order chi connectivity index (χ1) is 18.2. The normalized spacial score (nSPS) is 13.3. The van der Waals surface area contributed by atoms with Gasteiger partial charge in [-0.3, -0.25) is 19.2 Å². The van der Waals surface area contributed by atoms with Gasteiger partial charge in [0.15, 0.2) is 0 Å². The van der Waals surface area contributed by atoms with Crippen LogP contribution in [0.2, 0.25) is 0 Å². The monoisotopic (exact) mass is 527 g/mol. The maximum atomic E-state index is 13.3. The first-order valence-electron chi connectivity index (χ1n) is 11.7. The van der Waals surface area contributed by atoms with Crippen LogP contribution in [0, 0.1) is 0 Å². The van der Waals surface area contributed by atoms with E-state index in [4.69, 9.17) is 10.8 Å². The lowest BCUT2D eigenvalue weighted by atomic mass is 10.0. The quantitative estimate of drug-likeness (QED) is 0.129. The average molecular weight is 528 g/mol. The van der Waals surface area contributed by atoms with E-state index in [0.29, 0.717) is 11.3 Å². The van der Waals surface area contributed by atoms with Crippen molar-refractivity contribution in [1.82, 2.24) is 30.9 Å². The zero-order valence-corrected chi connectivity index (χ0v) is 20.3. The number of nitrogens with one attached hydrogen (secondary N) is 5. The van der Waals surface area contributed by atoms with E-state index in [0.717, 1.165) is 10.9 Å². The number of benzene rings is 1. The second-order valence-corrected chi connectivity index (χ2v) is 8.56. The van der Waals surface area contributed by atoms with E-state index in [1.54, 1.807) is 6.20 Å². The van der Waals surface area contributed by atoms with Gasteiger partial charge in [0.05, 0.1) is 12.9 Å². The summed E-state index contributed by atoms with van der Waals surface area (Å²) in [5.41, 5.74) is 7.27. The number of aliphatic carboxylic acids is 2. The van der Waals surface area contributed by atoms with Crippen LogP contribution in [0.3, 0.4) is 0 Å². The summed E-state index contributed by atoms with van der Waals surface area (Å²) in [6.07, 6.45) is 3.72. The molecule has 3 aromatic rings. The summed E-state index contributed by atoms with van der Waals surface area (Å²) in [6, 6.07) is 3.43. The first kappa shape index (κ1) is 27.9. The standard InChI is InChI=1S/C24H29N7O7/c25-9-20(32)29-17(5-6-21(33)34)22(35)30-18(7-13-10-27-16-4-2-1-3-15(13)16)23(36)31-19(24(37)38)8-14-11-26-12-28-14/h1-4,10-12,17-19,27H,5-9,25H2,(H,26,28)(H,29,32)(H,30,35)(H,31,36)(H,33,34)(H,37,38). The number of fused-ring (bicyclic) bond motifs is 1. The van der Waals surface area contributed by atoms with Crippen molar-refractivity contribution in [3.8, 4) is 0 Å². The number of hydrogen-bond donors (Lipinski definition) is 8. The Labute approximate surface area is 216 Å². The van der Waals surface area contributed by atoms with Crippen LogP contribution in [0.5, 0.6) is 0 Å². The number of H-pyrrole nitrogens is 2. The second kappa shape index (κ2) is 13.0. The van der Waals surface area contributed by atoms with Crippen molar-refractivity contribution in [2.24, 2.45) is 5.73 Å². The van der Waals surface area contributed by atoms with E-state index in [2.05, 4.69) is 30.9 Å². The lowest BCUT2D eigenvalue weighted by Crippen LogP contribution is -2.57. The Kier molecular flexibility index (Phi) is 9.54. The van der Waals surface area contributed by atoms with Crippen LogP contribution < -0.4 is 21.7 Å². The fourth-order valence-electron chi connectivity index (χ4n) is 3.88. The minimum atomic E-state index is -1.33. The fourth-order valence-corrected chi connectivity index (χ4v) is 3.88. The molecule has 14 heteroatoms. The predicted molar refractivity (Wildman–Crippen MR) is 134 cm³/mol. The van der Waals surface area contributed by atoms with E-state index in [1.165, 1.54) is 12.5 Å². The topological polar surface area (TPSA) is 232 Å². The molecule has 0 bridgehead atoms. The molecule has 0 radical (unpaired) electrons. The third-order valence-electron chi connectivity index (χ3n) is 5.81. The van der Waals surface area contributed by atoms with Crippen LogP contribution >= 0.6 is 0 Å². The summed E-state index contributed by atoms with van der Waals surface area (Å²) < 4.78 is 0. The molecular formula is C24H29N7O7. The molecule has 3 atom stereocenters. The Morgan fingerprint density at radius 2 is 1.63 bits per heavy atom. The summed E-state index contributed by atoms with van der Waals surface area (Å²) in [4.78, 5) is 70.9. The lowest BCUT2D eigenvalue weighted by Gasteiger charge is -2.24. The van der Waals surface area contributed by atoms with E-state index in [-0.39, 0.29) is 19.3 Å². The minimum absolute atomic E-state index is 0.0194. The summed E-state index contributed by atoms with van der Waals surface area (Å²) >= 11 is 0. The smallest absolute Gasteiger partial charge is 0.326 e. The molecule has 3 unspecified atom stereocenters. The summed E-state index contributed by atoms with van der Waals surface area (Å²) in [5, 5.41) is 26.9. The molecule has 0 aliphatic carbocycles. The summed E-state index contributed by atoms with van der Waals surface area (Å²) in [5.74, 6) is -4.74.